The van der Waals surface area contributed by atoms with Gasteiger partial charge in [0.2, 0.25) is 5.91 Å². The number of rotatable bonds is 15. The zero-order valence-corrected chi connectivity index (χ0v) is 24.4. The maximum atomic E-state index is 13.7. The average molecular weight is 540 g/mol. The maximum Gasteiger partial charge on any atom is 0.224 e. The molecule has 2 aromatic rings. The summed E-state index contributed by atoms with van der Waals surface area (Å²) in [5, 5.41) is 4.22. The fourth-order valence-corrected chi connectivity index (χ4v) is 6.36. The van der Waals surface area contributed by atoms with Gasteiger partial charge in [0.1, 0.15) is 5.78 Å². The number of hydrogen-bond acceptors (Lipinski definition) is 6. The Hall–Kier alpha value is -2.38. The van der Waals surface area contributed by atoms with Gasteiger partial charge in [-0.2, -0.15) is 0 Å². The van der Waals surface area contributed by atoms with Gasteiger partial charge in [-0.05, 0) is 69.5 Å². The van der Waals surface area contributed by atoms with Crippen LogP contribution < -0.4 is 5.32 Å². The predicted molar refractivity (Wildman–Crippen MR) is 157 cm³/mol. The van der Waals surface area contributed by atoms with Crippen molar-refractivity contribution < 1.29 is 14.4 Å². The molecule has 1 fully saturated rings. The van der Waals surface area contributed by atoms with E-state index < -0.39 is 5.92 Å². The number of aromatic nitrogens is 1. The molecule has 3 rings (SSSR count). The van der Waals surface area contributed by atoms with E-state index in [2.05, 4.69) is 24.4 Å². The summed E-state index contributed by atoms with van der Waals surface area (Å²) in [6.07, 6.45) is 12.4. The molecule has 1 aromatic heterocycles. The lowest BCUT2D eigenvalue weighted by atomic mass is 9.81. The van der Waals surface area contributed by atoms with E-state index in [1.165, 1.54) is 12.0 Å². The van der Waals surface area contributed by atoms with E-state index in [-0.39, 0.29) is 29.9 Å². The first-order valence-corrected chi connectivity index (χ1v) is 15.1. The monoisotopic (exact) mass is 539 g/mol. The van der Waals surface area contributed by atoms with Crippen molar-refractivity contribution in [3.8, 4) is 0 Å². The molecule has 1 heterocycles. The maximum absolute atomic E-state index is 13.7. The lowest BCUT2D eigenvalue weighted by Crippen LogP contribution is -2.45. The number of Topliss-reactive ketones (excluding diaryl/α,β-unsaturated/α-hetero) is 1. The first kappa shape index (κ1) is 30.2. The molecule has 1 amide bonds. The molecule has 208 valence electrons. The van der Waals surface area contributed by atoms with E-state index in [1.807, 2.05) is 38.1 Å². The van der Waals surface area contributed by atoms with Crippen LogP contribution in [0.25, 0.3) is 10.2 Å². The average Bonchev–Trinajstić information content (AvgIpc) is 3.32. The highest BCUT2D eigenvalue weighted by Gasteiger charge is 2.30. The number of allylic oxidation sites excluding steroid dienone is 1. The second kappa shape index (κ2) is 15.3. The molecule has 0 spiro atoms. The summed E-state index contributed by atoms with van der Waals surface area (Å²) in [5.41, 5.74) is 2.22. The van der Waals surface area contributed by atoms with Gasteiger partial charge in [-0.1, -0.05) is 45.3 Å². The van der Waals surface area contributed by atoms with Crippen LogP contribution in [0.15, 0.2) is 30.4 Å². The number of ketones is 2. The van der Waals surface area contributed by atoms with Crippen molar-refractivity contribution in [2.75, 3.05) is 20.6 Å². The highest BCUT2D eigenvalue weighted by molar-refractivity contribution is 7.18. The summed E-state index contributed by atoms with van der Waals surface area (Å²) in [5.74, 6) is 0.0427. The minimum atomic E-state index is -0.449. The van der Waals surface area contributed by atoms with Crippen LogP contribution in [0.2, 0.25) is 0 Å². The van der Waals surface area contributed by atoms with Crippen molar-refractivity contribution in [1.29, 1.82) is 0 Å². The third kappa shape index (κ3) is 9.42. The molecule has 1 aromatic carbocycles. The Bertz CT molecular complexity index is 1100. The second-order valence-corrected chi connectivity index (χ2v) is 12.1. The second-order valence-electron chi connectivity index (χ2n) is 10.9. The van der Waals surface area contributed by atoms with Gasteiger partial charge in [0, 0.05) is 38.3 Å². The van der Waals surface area contributed by atoms with Crippen LogP contribution in [-0.2, 0) is 27.2 Å². The number of amides is 1. The number of benzene rings is 1. The molecule has 0 saturated heterocycles. The van der Waals surface area contributed by atoms with Crippen LogP contribution in [0.1, 0.15) is 82.2 Å². The van der Waals surface area contributed by atoms with Gasteiger partial charge < -0.3 is 10.2 Å². The molecule has 0 radical (unpaired) electrons. The van der Waals surface area contributed by atoms with Crippen LogP contribution in [0, 0.1) is 11.8 Å². The lowest BCUT2D eigenvalue weighted by molar-refractivity contribution is -0.130. The Labute approximate surface area is 232 Å². The third-order valence-corrected chi connectivity index (χ3v) is 8.63. The Balaban J connectivity index is 1.73. The zero-order chi connectivity index (χ0) is 27.5. The summed E-state index contributed by atoms with van der Waals surface area (Å²) in [6.45, 7) is 4.71. The molecule has 2 atom stereocenters. The van der Waals surface area contributed by atoms with Crippen molar-refractivity contribution in [1.82, 2.24) is 15.2 Å². The number of fused-ring (bicyclic) bond motifs is 1. The zero-order valence-electron chi connectivity index (χ0n) is 23.6. The normalized spacial score (nSPS) is 16.2. The standard InChI is InChI=1S/C31H45N3O3S/c1-5-22-14-16-28-29(19-22)38-30(32-28)21-24(20-25(35)6-2)31(37)33-27(23-11-8-7-9-12-23)17-15-26(36)13-10-18-34(3)4/h10,13-14,16,19,23-24,27H,5-9,11-12,15,17-18,20-21H2,1-4H3,(H,33,37)/b13-10+/t24-,27+/m0/s1. The van der Waals surface area contributed by atoms with Gasteiger partial charge in [-0.25, -0.2) is 4.98 Å². The van der Waals surface area contributed by atoms with E-state index in [4.69, 9.17) is 4.98 Å². The molecule has 38 heavy (non-hydrogen) atoms. The highest BCUT2D eigenvalue weighted by Crippen LogP contribution is 2.30. The molecule has 1 N–H and O–H groups in total. The van der Waals surface area contributed by atoms with E-state index in [9.17, 15) is 14.4 Å². The number of carbonyl (C=O) groups is 3. The summed E-state index contributed by atoms with van der Waals surface area (Å²) in [4.78, 5) is 45.5. The summed E-state index contributed by atoms with van der Waals surface area (Å²) < 4.78 is 1.13. The Kier molecular flexibility index (Phi) is 12.1. The lowest BCUT2D eigenvalue weighted by Gasteiger charge is -2.32. The van der Waals surface area contributed by atoms with Crippen LogP contribution in [0.5, 0.6) is 0 Å². The predicted octanol–water partition coefficient (Wildman–Crippen LogP) is 5.92. The van der Waals surface area contributed by atoms with Gasteiger partial charge in [0.05, 0.1) is 21.1 Å². The fourth-order valence-electron chi connectivity index (χ4n) is 5.25. The van der Waals surface area contributed by atoms with Crippen molar-refractivity contribution in [3.05, 3.63) is 40.9 Å². The number of thiazole rings is 1. The molecule has 0 unspecified atom stereocenters. The number of nitrogens with zero attached hydrogens (tertiary/aromatic N) is 2. The SMILES string of the molecule is CCC(=O)C[C@@H](Cc1nc2ccc(CC)cc2s1)C(=O)N[C@H](CCC(=O)/C=C/CN(C)C)C1CCCCC1. The quantitative estimate of drug-likeness (QED) is 0.284. The molecule has 1 saturated carbocycles. The van der Waals surface area contributed by atoms with E-state index in [1.54, 1.807) is 17.4 Å². The molecule has 7 heteroatoms. The Morgan fingerprint density at radius 2 is 1.92 bits per heavy atom. The minimum Gasteiger partial charge on any atom is -0.353 e. The number of likely N-dealkylation sites (N-methyl/N-ethyl adjacent to an activating group) is 1. The Morgan fingerprint density at radius 3 is 2.61 bits per heavy atom. The van der Waals surface area contributed by atoms with E-state index in [0.29, 0.717) is 31.6 Å². The topological polar surface area (TPSA) is 79.4 Å². The summed E-state index contributed by atoms with van der Waals surface area (Å²) in [6, 6.07) is 6.27. The molecular formula is C31H45N3O3S. The molecule has 1 aliphatic carbocycles. The van der Waals surface area contributed by atoms with Crippen molar-refractivity contribution in [2.45, 2.75) is 90.5 Å². The van der Waals surface area contributed by atoms with Crippen LogP contribution >= 0.6 is 11.3 Å². The van der Waals surface area contributed by atoms with Crippen molar-refractivity contribution in [3.63, 3.8) is 0 Å². The molecule has 0 aliphatic heterocycles. The van der Waals surface area contributed by atoms with Gasteiger partial charge in [-0.15, -0.1) is 11.3 Å². The smallest absolute Gasteiger partial charge is 0.224 e. The number of carbonyl (C=O) groups excluding carboxylic acids is 3. The molecule has 0 bridgehead atoms. The highest BCUT2D eigenvalue weighted by atomic mass is 32.1. The first-order chi connectivity index (χ1) is 18.3. The van der Waals surface area contributed by atoms with Crippen LogP contribution in [0.4, 0.5) is 0 Å². The fraction of sp³-hybridized carbons (Fsp3) is 0.613. The van der Waals surface area contributed by atoms with Crippen molar-refractivity contribution in [2.24, 2.45) is 11.8 Å². The van der Waals surface area contributed by atoms with Crippen LogP contribution in [-0.4, -0.2) is 54.0 Å². The van der Waals surface area contributed by atoms with Crippen molar-refractivity contribution >= 4 is 39.0 Å². The number of nitrogens with one attached hydrogen (secondary N) is 1. The van der Waals surface area contributed by atoms with E-state index >= 15 is 0 Å². The molecular weight excluding hydrogens is 494 g/mol. The van der Waals surface area contributed by atoms with Gasteiger partial charge in [0.15, 0.2) is 5.78 Å². The third-order valence-electron chi connectivity index (χ3n) is 7.59. The number of hydrogen-bond donors (Lipinski definition) is 1. The largest absolute Gasteiger partial charge is 0.353 e. The van der Waals surface area contributed by atoms with E-state index in [0.717, 1.165) is 53.9 Å². The minimum absolute atomic E-state index is 0.0456. The van der Waals surface area contributed by atoms with Crippen LogP contribution in [0.3, 0.4) is 0 Å². The first-order valence-electron chi connectivity index (χ1n) is 14.3. The molecule has 6 nitrogen and oxygen atoms in total. The summed E-state index contributed by atoms with van der Waals surface area (Å²) in [7, 11) is 3.94. The van der Waals surface area contributed by atoms with Gasteiger partial charge >= 0.3 is 0 Å². The van der Waals surface area contributed by atoms with Gasteiger partial charge in [-0.3, -0.25) is 14.4 Å². The Morgan fingerprint density at radius 1 is 1.16 bits per heavy atom. The molecule has 1 aliphatic rings. The summed E-state index contributed by atoms with van der Waals surface area (Å²) >= 11 is 1.62. The number of aryl methyl sites for hydroxylation is 1. The van der Waals surface area contributed by atoms with Gasteiger partial charge in [0.25, 0.3) is 0 Å².